The van der Waals surface area contributed by atoms with Gasteiger partial charge in [-0.1, -0.05) is 42.5 Å². The second-order valence-electron chi connectivity index (χ2n) is 4.05. The highest BCUT2D eigenvalue weighted by molar-refractivity contribution is 5.96. The molecule has 4 heteroatoms. The summed E-state index contributed by atoms with van der Waals surface area (Å²) in [5, 5.41) is 7.27. The first-order valence-corrected chi connectivity index (χ1v) is 5.82. The van der Waals surface area contributed by atoms with Crippen LogP contribution in [0.4, 0.5) is 0 Å². The minimum Gasteiger partial charge on any atom is -0.457 e. The third kappa shape index (κ3) is 3.42. The molecule has 96 valence electrons. The van der Waals surface area contributed by atoms with Crippen LogP contribution in [-0.2, 0) is 11.3 Å². The summed E-state index contributed by atoms with van der Waals surface area (Å²) in [6.45, 7) is 0.244. The van der Waals surface area contributed by atoms with E-state index < -0.39 is 0 Å². The molecule has 0 bridgehead atoms. The van der Waals surface area contributed by atoms with E-state index in [0.29, 0.717) is 11.1 Å². The van der Waals surface area contributed by atoms with E-state index in [-0.39, 0.29) is 18.4 Å². The number of nitrogens with two attached hydrogens (primary N) is 1. The first-order valence-electron chi connectivity index (χ1n) is 5.82. The summed E-state index contributed by atoms with van der Waals surface area (Å²) >= 11 is 0. The molecule has 0 aromatic heterocycles. The maximum Gasteiger partial charge on any atom is 0.338 e. The number of esters is 1. The first kappa shape index (κ1) is 12.8. The molecular weight excluding hydrogens is 240 g/mol. The SMILES string of the molecule is N=C(N)c1ccc(C(=O)OCc2ccccc2)cc1. The number of hydrogen-bond acceptors (Lipinski definition) is 3. The van der Waals surface area contributed by atoms with Crippen LogP contribution in [0.3, 0.4) is 0 Å². The molecule has 2 aromatic rings. The Bertz CT molecular complexity index is 577. The molecule has 0 saturated heterocycles. The van der Waals surface area contributed by atoms with Crippen molar-refractivity contribution in [2.75, 3.05) is 0 Å². The summed E-state index contributed by atoms with van der Waals surface area (Å²) in [5.74, 6) is -0.414. The molecule has 0 heterocycles. The molecular formula is C15H14N2O2. The van der Waals surface area contributed by atoms with Crippen molar-refractivity contribution in [2.45, 2.75) is 6.61 Å². The van der Waals surface area contributed by atoms with Crippen molar-refractivity contribution in [1.29, 1.82) is 5.41 Å². The number of hydrogen-bond donors (Lipinski definition) is 2. The third-order valence-corrected chi connectivity index (χ3v) is 2.64. The quantitative estimate of drug-likeness (QED) is 0.499. The van der Waals surface area contributed by atoms with Crippen LogP contribution in [0.1, 0.15) is 21.5 Å². The molecule has 2 rings (SSSR count). The predicted molar refractivity (Wildman–Crippen MR) is 73.0 cm³/mol. The molecule has 0 amide bonds. The molecule has 0 unspecified atom stereocenters. The lowest BCUT2D eigenvalue weighted by Gasteiger charge is -2.05. The number of benzene rings is 2. The lowest BCUT2D eigenvalue weighted by atomic mass is 10.1. The standard InChI is InChI=1S/C15H14N2O2/c16-14(17)12-6-8-13(9-7-12)15(18)19-10-11-4-2-1-3-5-11/h1-9H,10H2,(H3,16,17). The van der Waals surface area contributed by atoms with Crippen LogP contribution in [0.15, 0.2) is 54.6 Å². The number of ether oxygens (including phenoxy) is 1. The van der Waals surface area contributed by atoms with Crippen LogP contribution in [0.25, 0.3) is 0 Å². The highest BCUT2D eigenvalue weighted by Gasteiger charge is 2.07. The number of carbonyl (C=O) groups is 1. The van der Waals surface area contributed by atoms with Gasteiger partial charge >= 0.3 is 5.97 Å². The number of carbonyl (C=O) groups excluding carboxylic acids is 1. The Morgan fingerprint density at radius 3 is 2.16 bits per heavy atom. The van der Waals surface area contributed by atoms with Gasteiger partial charge in [-0.2, -0.15) is 0 Å². The van der Waals surface area contributed by atoms with Gasteiger partial charge in [-0.3, -0.25) is 5.41 Å². The minimum absolute atomic E-state index is 0.0239. The van der Waals surface area contributed by atoms with Gasteiger partial charge in [0.2, 0.25) is 0 Å². The van der Waals surface area contributed by atoms with Crippen molar-refractivity contribution in [3.8, 4) is 0 Å². The van der Waals surface area contributed by atoms with Gasteiger partial charge in [-0.05, 0) is 17.7 Å². The summed E-state index contributed by atoms with van der Waals surface area (Å²) in [6.07, 6.45) is 0. The van der Waals surface area contributed by atoms with Crippen molar-refractivity contribution >= 4 is 11.8 Å². The Kier molecular flexibility index (Phi) is 3.93. The average Bonchev–Trinajstić information content (AvgIpc) is 2.46. The largest absolute Gasteiger partial charge is 0.457 e. The average molecular weight is 254 g/mol. The fourth-order valence-corrected chi connectivity index (χ4v) is 1.59. The molecule has 0 aliphatic heterocycles. The maximum atomic E-state index is 11.8. The van der Waals surface area contributed by atoms with Crippen LogP contribution in [0.5, 0.6) is 0 Å². The van der Waals surface area contributed by atoms with Crippen LogP contribution >= 0.6 is 0 Å². The van der Waals surface area contributed by atoms with Gasteiger partial charge in [-0.25, -0.2) is 4.79 Å². The van der Waals surface area contributed by atoms with Crippen molar-refractivity contribution < 1.29 is 9.53 Å². The predicted octanol–water partition coefficient (Wildman–Crippen LogP) is 2.33. The maximum absolute atomic E-state index is 11.8. The Morgan fingerprint density at radius 2 is 1.58 bits per heavy atom. The second kappa shape index (κ2) is 5.82. The monoisotopic (exact) mass is 254 g/mol. The normalized spacial score (nSPS) is 9.89. The van der Waals surface area contributed by atoms with Gasteiger partial charge in [0.1, 0.15) is 12.4 Å². The Balaban J connectivity index is 1.98. The third-order valence-electron chi connectivity index (χ3n) is 2.64. The fourth-order valence-electron chi connectivity index (χ4n) is 1.59. The van der Waals surface area contributed by atoms with Crippen LogP contribution in [0, 0.1) is 5.41 Å². The summed E-state index contributed by atoms with van der Waals surface area (Å²) in [5.41, 5.74) is 7.31. The van der Waals surface area contributed by atoms with Gasteiger partial charge in [0.15, 0.2) is 0 Å². The topological polar surface area (TPSA) is 76.2 Å². The molecule has 19 heavy (non-hydrogen) atoms. The van der Waals surface area contributed by atoms with Crippen molar-refractivity contribution in [1.82, 2.24) is 0 Å². The summed E-state index contributed by atoms with van der Waals surface area (Å²) in [7, 11) is 0. The zero-order valence-corrected chi connectivity index (χ0v) is 10.3. The second-order valence-corrected chi connectivity index (χ2v) is 4.05. The van der Waals surface area contributed by atoms with Gasteiger partial charge in [0, 0.05) is 5.56 Å². The molecule has 4 nitrogen and oxygen atoms in total. The zero-order chi connectivity index (χ0) is 13.7. The van der Waals surface area contributed by atoms with Crippen LogP contribution in [0.2, 0.25) is 0 Å². The van der Waals surface area contributed by atoms with Gasteiger partial charge < -0.3 is 10.5 Å². The zero-order valence-electron chi connectivity index (χ0n) is 10.3. The fraction of sp³-hybridized carbons (Fsp3) is 0.0667. The van der Waals surface area contributed by atoms with Crippen LogP contribution in [-0.4, -0.2) is 11.8 Å². The van der Waals surface area contributed by atoms with E-state index >= 15 is 0 Å². The Hall–Kier alpha value is -2.62. The van der Waals surface area contributed by atoms with E-state index in [9.17, 15) is 4.79 Å². The van der Waals surface area contributed by atoms with Crippen molar-refractivity contribution in [3.63, 3.8) is 0 Å². The molecule has 2 aromatic carbocycles. The van der Waals surface area contributed by atoms with Gasteiger partial charge in [0.25, 0.3) is 0 Å². The first-order chi connectivity index (χ1) is 9.16. The smallest absolute Gasteiger partial charge is 0.338 e. The molecule has 0 spiro atoms. The highest BCUT2D eigenvalue weighted by atomic mass is 16.5. The van der Waals surface area contributed by atoms with Crippen molar-refractivity contribution in [3.05, 3.63) is 71.3 Å². The van der Waals surface area contributed by atoms with E-state index in [0.717, 1.165) is 5.56 Å². The summed E-state index contributed by atoms with van der Waals surface area (Å²) < 4.78 is 5.19. The lowest BCUT2D eigenvalue weighted by molar-refractivity contribution is 0.0472. The number of nitrogen functional groups attached to an aromatic ring is 1. The number of rotatable bonds is 4. The van der Waals surface area contributed by atoms with E-state index in [1.54, 1.807) is 24.3 Å². The Morgan fingerprint density at radius 1 is 1.00 bits per heavy atom. The van der Waals surface area contributed by atoms with E-state index in [1.807, 2.05) is 30.3 Å². The Labute approximate surface area is 111 Å². The van der Waals surface area contributed by atoms with E-state index in [1.165, 1.54) is 0 Å². The van der Waals surface area contributed by atoms with Crippen molar-refractivity contribution in [2.24, 2.45) is 5.73 Å². The van der Waals surface area contributed by atoms with Gasteiger partial charge in [0.05, 0.1) is 5.56 Å². The molecule has 0 atom stereocenters. The van der Waals surface area contributed by atoms with Crippen LogP contribution < -0.4 is 5.73 Å². The molecule has 0 fully saturated rings. The molecule has 0 aliphatic rings. The summed E-state index contributed by atoms with van der Waals surface area (Å²) in [4.78, 5) is 11.8. The molecule has 0 aliphatic carbocycles. The number of nitrogens with one attached hydrogen (secondary N) is 1. The van der Waals surface area contributed by atoms with E-state index in [4.69, 9.17) is 15.9 Å². The molecule has 3 N–H and O–H groups in total. The van der Waals surface area contributed by atoms with Gasteiger partial charge in [-0.15, -0.1) is 0 Å². The minimum atomic E-state index is -0.390. The lowest BCUT2D eigenvalue weighted by Crippen LogP contribution is -2.11. The highest BCUT2D eigenvalue weighted by Crippen LogP contribution is 2.08. The molecule has 0 radical (unpaired) electrons. The summed E-state index contributed by atoms with van der Waals surface area (Å²) in [6, 6.07) is 15.9. The van der Waals surface area contributed by atoms with E-state index in [2.05, 4.69) is 0 Å². The number of amidine groups is 1. The molecule has 0 saturated carbocycles.